The van der Waals surface area contributed by atoms with Gasteiger partial charge in [-0.15, -0.1) is 0 Å². The first kappa shape index (κ1) is 16.9. The van der Waals surface area contributed by atoms with Crippen LogP contribution in [0, 0.1) is 5.92 Å². The molecule has 4 rings (SSSR count). The van der Waals surface area contributed by atoms with E-state index in [-0.39, 0.29) is 0 Å². The van der Waals surface area contributed by atoms with Crippen LogP contribution in [0.25, 0.3) is 22.3 Å². The van der Waals surface area contributed by atoms with Gasteiger partial charge < -0.3 is 10.2 Å². The van der Waals surface area contributed by atoms with Gasteiger partial charge in [0.15, 0.2) is 5.82 Å². The van der Waals surface area contributed by atoms with E-state index in [2.05, 4.69) is 28.2 Å². The zero-order valence-corrected chi connectivity index (χ0v) is 15.2. The van der Waals surface area contributed by atoms with Crippen molar-refractivity contribution in [2.24, 2.45) is 5.92 Å². The normalized spacial score (nSPS) is 18.1. The quantitative estimate of drug-likeness (QED) is 0.760. The molecule has 0 amide bonds. The summed E-state index contributed by atoms with van der Waals surface area (Å²) in [6, 6.07) is 12.1. The molecule has 1 saturated heterocycles. The van der Waals surface area contributed by atoms with E-state index in [1.807, 2.05) is 36.5 Å². The predicted molar refractivity (Wildman–Crippen MR) is 106 cm³/mol. The van der Waals surface area contributed by atoms with Crippen molar-refractivity contribution in [2.75, 3.05) is 31.5 Å². The van der Waals surface area contributed by atoms with Crippen molar-refractivity contribution in [2.45, 2.75) is 19.8 Å². The van der Waals surface area contributed by atoms with E-state index in [0.29, 0.717) is 5.92 Å². The first-order chi connectivity index (χ1) is 12.8. The Morgan fingerprint density at radius 1 is 1.15 bits per heavy atom. The fraction of sp³-hybridized carbons (Fsp3) is 0.381. The van der Waals surface area contributed by atoms with E-state index < -0.39 is 0 Å². The number of hydrogen-bond acceptors (Lipinski definition) is 5. The highest BCUT2D eigenvalue weighted by atomic mass is 15.1. The molecule has 5 nitrogen and oxygen atoms in total. The van der Waals surface area contributed by atoms with Crippen LogP contribution in [0.4, 0.5) is 5.82 Å². The van der Waals surface area contributed by atoms with Gasteiger partial charge in [-0.05, 0) is 56.1 Å². The average Bonchev–Trinajstić information content (AvgIpc) is 2.72. The number of fused-ring (bicyclic) bond motifs is 1. The van der Waals surface area contributed by atoms with E-state index in [9.17, 15) is 0 Å². The zero-order chi connectivity index (χ0) is 17.8. The number of aromatic nitrogens is 3. The molecule has 134 valence electrons. The van der Waals surface area contributed by atoms with Crippen LogP contribution < -0.4 is 5.32 Å². The summed E-state index contributed by atoms with van der Waals surface area (Å²) in [5.41, 5.74) is 1.90. The fourth-order valence-electron chi connectivity index (χ4n) is 3.68. The lowest BCUT2D eigenvalue weighted by Crippen LogP contribution is -2.37. The van der Waals surface area contributed by atoms with E-state index in [0.717, 1.165) is 41.2 Å². The second-order valence-electron chi connectivity index (χ2n) is 6.94. The fourth-order valence-corrected chi connectivity index (χ4v) is 3.68. The Morgan fingerprint density at radius 2 is 2.08 bits per heavy atom. The van der Waals surface area contributed by atoms with Crippen LogP contribution in [0.5, 0.6) is 0 Å². The smallest absolute Gasteiger partial charge is 0.163 e. The lowest BCUT2D eigenvalue weighted by molar-refractivity contribution is 0.189. The molecular formula is C21H25N5. The summed E-state index contributed by atoms with van der Waals surface area (Å²) in [6.07, 6.45) is 6.15. The molecule has 1 aromatic carbocycles. The van der Waals surface area contributed by atoms with Crippen LogP contribution in [-0.2, 0) is 0 Å². The number of para-hydroxylation sites is 1. The highest BCUT2D eigenvalue weighted by molar-refractivity contribution is 5.90. The van der Waals surface area contributed by atoms with Crippen molar-refractivity contribution < 1.29 is 0 Å². The van der Waals surface area contributed by atoms with Gasteiger partial charge in [0.25, 0.3) is 0 Å². The molecule has 1 aliphatic heterocycles. The number of nitrogens with one attached hydrogen (secondary N) is 1. The summed E-state index contributed by atoms with van der Waals surface area (Å²) < 4.78 is 0. The molecule has 1 aliphatic rings. The number of pyridine rings is 1. The van der Waals surface area contributed by atoms with Crippen molar-refractivity contribution in [3.05, 3.63) is 48.8 Å². The van der Waals surface area contributed by atoms with Gasteiger partial charge in [-0.2, -0.15) is 0 Å². The number of piperidine rings is 1. The highest BCUT2D eigenvalue weighted by Gasteiger charge is 2.19. The van der Waals surface area contributed by atoms with Crippen LogP contribution in [0.1, 0.15) is 19.8 Å². The maximum Gasteiger partial charge on any atom is 0.163 e. The first-order valence-electron chi connectivity index (χ1n) is 9.47. The molecule has 0 saturated carbocycles. The third-order valence-corrected chi connectivity index (χ3v) is 5.13. The van der Waals surface area contributed by atoms with Crippen LogP contribution in [0.15, 0.2) is 48.8 Å². The van der Waals surface area contributed by atoms with Crippen molar-refractivity contribution >= 4 is 16.7 Å². The Hall–Kier alpha value is -2.53. The number of likely N-dealkylation sites (tertiary alicyclic amines) is 1. The number of rotatable bonds is 5. The van der Waals surface area contributed by atoms with Crippen molar-refractivity contribution in [3.63, 3.8) is 0 Å². The molecule has 26 heavy (non-hydrogen) atoms. The summed E-state index contributed by atoms with van der Waals surface area (Å²) in [5.74, 6) is 2.31. The molecule has 1 fully saturated rings. The second kappa shape index (κ2) is 7.79. The van der Waals surface area contributed by atoms with Gasteiger partial charge in [0.05, 0.1) is 5.52 Å². The van der Waals surface area contributed by atoms with Crippen LogP contribution >= 0.6 is 0 Å². The molecule has 3 aromatic rings. The van der Waals surface area contributed by atoms with Gasteiger partial charge in [-0.25, -0.2) is 9.97 Å². The Labute approximate surface area is 154 Å². The number of nitrogens with zero attached hydrogens (tertiary/aromatic N) is 4. The minimum absolute atomic E-state index is 0.666. The first-order valence-corrected chi connectivity index (χ1v) is 9.47. The molecule has 5 heteroatoms. The van der Waals surface area contributed by atoms with E-state index >= 15 is 0 Å². The molecule has 1 N–H and O–H groups in total. The van der Waals surface area contributed by atoms with Gasteiger partial charge >= 0.3 is 0 Å². The number of anilines is 1. The number of benzene rings is 1. The highest BCUT2D eigenvalue weighted by Crippen LogP contribution is 2.25. The van der Waals surface area contributed by atoms with Crippen LogP contribution in [0.3, 0.4) is 0 Å². The van der Waals surface area contributed by atoms with Crippen LogP contribution in [0.2, 0.25) is 0 Å². The Morgan fingerprint density at radius 3 is 2.92 bits per heavy atom. The van der Waals surface area contributed by atoms with Gasteiger partial charge in [0.1, 0.15) is 5.82 Å². The summed E-state index contributed by atoms with van der Waals surface area (Å²) in [4.78, 5) is 16.3. The van der Waals surface area contributed by atoms with Gasteiger partial charge in [0, 0.05) is 36.4 Å². The lowest BCUT2D eigenvalue weighted by Gasteiger charge is -2.32. The Balaban J connectivity index is 1.61. The van der Waals surface area contributed by atoms with Gasteiger partial charge in [0.2, 0.25) is 0 Å². The lowest BCUT2D eigenvalue weighted by atomic mass is 9.98. The van der Waals surface area contributed by atoms with Gasteiger partial charge in [-0.1, -0.05) is 19.1 Å². The maximum absolute atomic E-state index is 4.82. The molecule has 1 atom stereocenters. The third kappa shape index (κ3) is 3.68. The maximum atomic E-state index is 4.82. The van der Waals surface area contributed by atoms with Crippen molar-refractivity contribution in [1.82, 2.24) is 19.9 Å². The van der Waals surface area contributed by atoms with E-state index in [1.54, 1.807) is 6.20 Å². The zero-order valence-electron chi connectivity index (χ0n) is 15.2. The minimum atomic E-state index is 0.666. The Bertz CT molecular complexity index is 865. The SMILES string of the molecule is CCN1CCC[C@@H](CNc2nc(-c3cccnc3)nc3ccccc23)C1. The monoisotopic (exact) mass is 347 g/mol. The van der Waals surface area contributed by atoms with Gasteiger partial charge in [-0.3, -0.25) is 4.98 Å². The molecule has 0 spiro atoms. The third-order valence-electron chi connectivity index (χ3n) is 5.13. The minimum Gasteiger partial charge on any atom is -0.369 e. The summed E-state index contributed by atoms with van der Waals surface area (Å²) in [6.45, 7) is 6.73. The number of hydrogen-bond donors (Lipinski definition) is 1. The van der Waals surface area contributed by atoms with E-state index in [4.69, 9.17) is 9.97 Å². The molecular weight excluding hydrogens is 322 g/mol. The van der Waals surface area contributed by atoms with E-state index in [1.165, 1.54) is 25.9 Å². The molecule has 0 radical (unpaired) electrons. The predicted octanol–water partition coefficient (Wildman–Crippen LogP) is 3.84. The average molecular weight is 347 g/mol. The summed E-state index contributed by atoms with van der Waals surface area (Å²) in [7, 11) is 0. The molecule has 2 aromatic heterocycles. The summed E-state index contributed by atoms with van der Waals surface area (Å²) >= 11 is 0. The second-order valence-corrected chi connectivity index (χ2v) is 6.94. The molecule has 0 unspecified atom stereocenters. The molecule has 0 bridgehead atoms. The standard InChI is InChI=1S/C21H25N5/c1-2-26-12-6-7-16(15-26)13-23-21-18-9-3-4-10-19(18)24-20(25-21)17-8-5-11-22-14-17/h3-5,8-11,14,16H,2,6-7,12-13,15H2,1H3,(H,23,24,25)/t16-/m0/s1. The largest absolute Gasteiger partial charge is 0.369 e. The van der Waals surface area contributed by atoms with Crippen molar-refractivity contribution in [3.8, 4) is 11.4 Å². The molecule has 3 heterocycles. The van der Waals surface area contributed by atoms with Crippen LogP contribution in [-0.4, -0.2) is 46.0 Å². The van der Waals surface area contributed by atoms with Crippen molar-refractivity contribution in [1.29, 1.82) is 0 Å². The topological polar surface area (TPSA) is 53.9 Å². The Kier molecular flexibility index (Phi) is 5.07. The molecule has 0 aliphatic carbocycles. The summed E-state index contributed by atoms with van der Waals surface area (Å²) in [5, 5.41) is 4.69.